The van der Waals surface area contributed by atoms with Crippen molar-refractivity contribution in [1.29, 1.82) is 0 Å². The van der Waals surface area contributed by atoms with Crippen molar-refractivity contribution in [3.63, 3.8) is 0 Å². The van der Waals surface area contributed by atoms with Crippen LogP contribution in [0.4, 0.5) is 10.1 Å². The first-order valence-electron chi connectivity index (χ1n) is 6.93. The Morgan fingerprint density at radius 3 is 2.86 bits per heavy atom. The van der Waals surface area contributed by atoms with E-state index in [4.69, 9.17) is 17.3 Å². The smallest absolute Gasteiger partial charge is 0.252 e. The Morgan fingerprint density at radius 2 is 2.23 bits per heavy atom. The highest BCUT2D eigenvalue weighted by Crippen LogP contribution is 2.28. The number of anilines is 1. The number of carbonyl (C=O) groups is 1. The topological polar surface area (TPSA) is 77.1 Å². The summed E-state index contributed by atoms with van der Waals surface area (Å²) in [5.41, 5.74) is 6.25. The van der Waals surface area contributed by atoms with E-state index in [1.807, 2.05) is 0 Å². The molecule has 0 spiro atoms. The first-order chi connectivity index (χ1) is 10.5. The summed E-state index contributed by atoms with van der Waals surface area (Å²) >= 11 is 5.67. The van der Waals surface area contributed by atoms with Gasteiger partial charge in [-0.05, 0) is 25.0 Å². The van der Waals surface area contributed by atoms with Gasteiger partial charge < -0.3 is 15.6 Å². The molecule has 1 aromatic rings. The highest BCUT2D eigenvalue weighted by Gasteiger charge is 2.14. The van der Waals surface area contributed by atoms with Gasteiger partial charge in [0.15, 0.2) is 0 Å². The molecule has 0 atom stereocenters. The monoisotopic (exact) mass is 325 g/mol. The van der Waals surface area contributed by atoms with Crippen molar-refractivity contribution >= 4 is 23.2 Å². The van der Waals surface area contributed by atoms with E-state index in [0.717, 1.165) is 0 Å². The van der Waals surface area contributed by atoms with Crippen LogP contribution in [0, 0.1) is 0 Å². The first kappa shape index (κ1) is 16.5. The molecule has 118 valence electrons. The Morgan fingerprint density at radius 1 is 1.45 bits per heavy atom. The molecule has 0 saturated heterocycles. The van der Waals surface area contributed by atoms with Gasteiger partial charge in [-0.2, -0.15) is 0 Å². The number of rotatable bonds is 5. The van der Waals surface area contributed by atoms with Crippen molar-refractivity contribution in [2.24, 2.45) is 5.73 Å². The van der Waals surface area contributed by atoms with Crippen LogP contribution in [0.3, 0.4) is 0 Å². The molecule has 5 nitrogen and oxygen atoms in total. The van der Waals surface area contributed by atoms with Crippen LogP contribution in [0.5, 0.6) is 0 Å². The Labute approximate surface area is 132 Å². The molecule has 22 heavy (non-hydrogen) atoms. The number of nitrogens with one attached hydrogen (secondary N) is 1. The van der Waals surface area contributed by atoms with Crippen LogP contribution < -0.4 is 16.6 Å². The molecule has 0 fully saturated rings. The second-order valence-corrected chi connectivity index (χ2v) is 5.47. The molecule has 2 rings (SSSR count). The average Bonchev–Trinajstić information content (AvgIpc) is 2.46. The molecule has 1 amide bonds. The van der Waals surface area contributed by atoms with Crippen LogP contribution in [-0.2, 0) is 11.3 Å². The third-order valence-electron chi connectivity index (χ3n) is 3.29. The average molecular weight is 326 g/mol. The maximum Gasteiger partial charge on any atom is 0.252 e. The van der Waals surface area contributed by atoms with E-state index in [1.54, 1.807) is 12.3 Å². The van der Waals surface area contributed by atoms with Crippen molar-refractivity contribution in [3.8, 4) is 0 Å². The predicted octanol–water partition coefficient (Wildman–Crippen LogP) is 2.28. The minimum atomic E-state index is -0.486. The molecular weight excluding hydrogens is 309 g/mol. The maximum atomic E-state index is 13.4. The number of halogens is 2. The van der Waals surface area contributed by atoms with Crippen LogP contribution in [0.25, 0.3) is 0 Å². The SMILES string of the molecule is NCCn1ccc(NC(=O)CC2=CC(F)=C(Cl)CC2)cc1=O. The standard InChI is InChI=1S/C15H17ClFN3O2/c16-12-2-1-10(7-13(12)17)8-14(21)19-11-3-5-20(6-4-18)15(22)9-11/h3,5,7,9H,1-2,4,6,8,18H2,(H,19,21). The number of aromatic nitrogens is 1. The number of carbonyl (C=O) groups excluding carboxylic acids is 1. The lowest BCUT2D eigenvalue weighted by Crippen LogP contribution is -2.24. The molecule has 0 saturated carbocycles. The Balaban J connectivity index is 2.00. The summed E-state index contributed by atoms with van der Waals surface area (Å²) in [4.78, 5) is 23.7. The van der Waals surface area contributed by atoms with Crippen LogP contribution in [0.1, 0.15) is 19.3 Å². The summed E-state index contributed by atoms with van der Waals surface area (Å²) in [6, 6.07) is 2.96. The fraction of sp³-hybridized carbons (Fsp3) is 0.333. The highest BCUT2D eigenvalue weighted by molar-refractivity contribution is 6.30. The van der Waals surface area contributed by atoms with E-state index in [0.29, 0.717) is 37.2 Å². The molecule has 3 N–H and O–H groups in total. The largest absolute Gasteiger partial charge is 0.329 e. The van der Waals surface area contributed by atoms with Gasteiger partial charge in [0.05, 0.1) is 5.03 Å². The highest BCUT2D eigenvalue weighted by atomic mass is 35.5. The quantitative estimate of drug-likeness (QED) is 0.872. The predicted molar refractivity (Wildman–Crippen MR) is 84.3 cm³/mol. The zero-order valence-electron chi connectivity index (χ0n) is 11.9. The van der Waals surface area contributed by atoms with Gasteiger partial charge in [-0.1, -0.05) is 17.2 Å². The zero-order valence-corrected chi connectivity index (χ0v) is 12.7. The summed E-state index contributed by atoms with van der Waals surface area (Å²) in [7, 11) is 0. The van der Waals surface area contributed by atoms with Crippen LogP contribution >= 0.6 is 11.6 Å². The lowest BCUT2D eigenvalue weighted by atomic mass is 10.0. The third kappa shape index (κ3) is 4.29. The van der Waals surface area contributed by atoms with Gasteiger partial charge in [0, 0.05) is 37.5 Å². The van der Waals surface area contributed by atoms with Gasteiger partial charge in [0.1, 0.15) is 5.83 Å². The normalized spacial score (nSPS) is 14.8. The molecule has 0 aromatic carbocycles. The maximum absolute atomic E-state index is 13.4. The number of hydrogen-bond acceptors (Lipinski definition) is 3. The molecular formula is C15H17ClFN3O2. The number of pyridine rings is 1. The number of nitrogens with two attached hydrogens (primary N) is 1. The van der Waals surface area contributed by atoms with E-state index in [-0.39, 0.29) is 22.9 Å². The van der Waals surface area contributed by atoms with Crippen molar-refractivity contribution < 1.29 is 9.18 Å². The molecule has 1 aliphatic rings. The van der Waals surface area contributed by atoms with E-state index < -0.39 is 5.83 Å². The zero-order chi connectivity index (χ0) is 16.1. The van der Waals surface area contributed by atoms with Crippen molar-refractivity contribution in [3.05, 3.63) is 51.2 Å². The summed E-state index contributed by atoms with van der Waals surface area (Å²) in [6.45, 7) is 0.785. The van der Waals surface area contributed by atoms with Gasteiger partial charge in [0.2, 0.25) is 5.91 Å². The molecule has 0 unspecified atom stereocenters. The van der Waals surface area contributed by atoms with Gasteiger partial charge in [0.25, 0.3) is 5.56 Å². The Bertz CT molecular complexity index is 694. The van der Waals surface area contributed by atoms with E-state index in [9.17, 15) is 14.0 Å². The number of nitrogens with zero attached hydrogens (tertiary/aromatic N) is 1. The molecule has 1 aromatic heterocycles. The Hall–Kier alpha value is -1.92. The molecule has 1 heterocycles. The van der Waals surface area contributed by atoms with Gasteiger partial charge >= 0.3 is 0 Å². The lowest BCUT2D eigenvalue weighted by molar-refractivity contribution is -0.115. The molecule has 0 aliphatic heterocycles. The van der Waals surface area contributed by atoms with Crippen molar-refractivity contribution in [1.82, 2.24) is 4.57 Å². The van der Waals surface area contributed by atoms with E-state index >= 15 is 0 Å². The summed E-state index contributed by atoms with van der Waals surface area (Å²) in [6.07, 6.45) is 3.90. The fourth-order valence-corrected chi connectivity index (χ4v) is 2.33. The van der Waals surface area contributed by atoms with Crippen LogP contribution in [0.2, 0.25) is 0 Å². The van der Waals surface area contributed by atoms with Gasteiger partial charge in [-0.15, -0.1) is 0 Å². The first-order valence-corrected chi connectivity index (χ1v) is 7.31. The van der Waals surface area contributed by atoms with Crippen LogP contribution in [-0.4, -0.2) is 17.0 Å². The third-order valence-corrected chi connectivity index (χ3v) is 3.66. The second-order valence-electron chi connectivity index (χ2n) is 5.02. The number of amides is 1. The van der Waals surface area contributed by atoms with Crippen LogP contribution in [0.15, 0.2) is 45.6 Å². The summed E-state index contributed by atoms with van der Waals surface area (Å²) in [5, 5.41) is 2.82. The molecule has 1 aliphatic carbocycles. The van der Waals surface area contributed by atoms with Crippen molar-refractivity contribution in [2.75, 3.05) is 11.9 Å². The van der Waals surface area contributed by atoms with Gasteiger partial charge in [-0.3, -0.25) is 9.59 Å². The lowest BCUT2D eigenvalue weighted by Gasteiger charge is -2.13. The number of allylic oxidation sites excluding steroid dienone is 3. The Kier molecular flexibility index (Phi) is 5.51. The summed E-state index contributed by atoms with van der Waals surface area (Å²) in [5.74, 6) is -0.784. The minimum absolute atomic E-state index is 0.0729. The summed E-state index contributed by atoms with van der Waals surface area (Å²) < 4.78 is 14.8. The fourth-order valence-electron chi connectivity index (χ4n) is 2.18. The van der Waals surface area contributed by atoms with Gasteiger partial charge in [-0.25, -0.2) is 4.39 Å². The molecule has 7 heteroatoms. The van der Waals surface area contributed by atoms with E-state index in [2.05, 4.69) is 5.32 Å². The molecule has 0 bridgehead atoms. The van der Waals surface area contributed by atoms with Crippen molar-refractivity contribution in [2.45, 2.75) is 25.8 Å². The minimum Gasteiger partial charge on any atom is -0.329 e. The number of hydrogen-bond donors (Lipinski definition) is 2. The van der Waals surface area contributed by atoms with E-state index in [1.165, 1.54) is 16.7 Å². The second kappa shape index (κ2) is 7.38. The molecule has 0 radical (unpaired) electrons.